The first kappa shape index (κ1) is 22.4. The number of carboxylic acids is 1. The fourth-order valence-electron chi connectivity index (χ4n) is 4.88. The molecule has 3 N–H and O–H groups in total. The molecule has 0 aliphatic heterocycles. The standard InChI is InChI=1S/C24H28N4O3S/c1-13-7-17(9-18(8-13)28-23-25-6-5-16(4)27-23)19-12-26-22(32-19)24(31)10-14(2)20(21(29)30)15(3)11-24/h5-9,12,14-15,20,31H,10-11H2,1-4H3,(H,29,30)(H,25,27,28)/t14-,15+,20+,24-. The molecule has 1 fully saturated rings. The van der Waals surface area contributed by atoms with E-state index in [1.807, 2.05) is 45.9 Å². The molecule has 2 aromatic heterocycles. The summed E-state index contributed by atoms with van der Waals surface area (Å²) in [6, 6.07) is 7.98. The lowest BCUT2D eigenvalue weighted by atomic mass is 9.67. The van der Waals surface area contributed by atoms with Gasteiger partial charge in [-0.1, -0.05) is 19.9 Å². The molecule has 3 aromatic rings. The van der Waals surface area contributed by atoms with E-state index in [9.17, 15) is 15.0 Å². The maximum atomic E-state index is 11.6. The van der Waals surface area contributed by atoms with E-state index in [0.29, 0.717) is 23.8 Å². The van der Waals surface area contributed by atoms with Gasteiger partial charge in [0, 0.05) is 23.8 Å². The van der Waals surface area contributed by atoms with Gasteiger partial charge in [-0.15, -0.1) is 11.3 Å². The van der Waals surface area contributed by atoms with Crippen LogP contribution in [0.25, 0.3) is 10.4 Å². The Kier molecular flexibility index (Phi) is 6.01. The third-order valence-corrected chi connectivity index (χ3v) is 7.39. The van der Waals surface area contributed by atoms with Gasteiger partial charge in [-0.05, 0) is 67.9 Å². The van der Waals surface area contributed by atoms with Gasteiger partial charge in [0.15, 0.2) is 0 Å². The summed E-state index contributed by atoms with van der Waals surface area (Å²) in [7, 11) is 0. The van der Waals surface area contributed by atoms with Crippen LogP contribution in [0.15, 0.2) is 36.7 Å². The highest BCUT2D eigenvalue weighted by Crippen LogP contribution is 2.47. The topological polar surface area (TPSA) is 108 Å². The molecule has 32 heavy (non-hydrogen) atoms. The van der Waals surface area contributed by atoms with E-state index in [1.165, 1.54) is 11.3 Å². The second kappa shape index (κ2) is 8.60. The molecular weight excluding hydrogens is 424 g/mol. The van der Waals surface area contributed by atoms with Gasteiger partial charge in [0.1, 0.15) is 10.6 Å². The maximum absolute atomic E-state index is 11.6. The number of benzene rings is 1. The monoisotopic (exact) mass is 452 g/mol. The van der Waals surface area contributed by atoms with Crippen LogP contribution < -0.4 is 5.32 Å². The highest BCUT2D eigenvalue weighted by atomic mass is 32.1. The number of carboxylic acid groups (broad SMARTS) is 1. The number of aryl methyl sites for hydroxylation is 2. The number of hydrogen-bond donors (Lipinski definition) is 3. The average molecular weight is 453 g/mol. The highest BCUT2D eigenvalue weighted by molar-refractivity contribution is 7.15. The predicted molar refractivity (Wildman–Crippen MR) is 125 cm³/mol. The zero-order valence-corrected chi connectivity index (χ0v) is 19.5. The van der Waals surface area contributed by atoms with Crippen molar-refractivity contribution in [2.75, 3.05) is 5.32 Å². The van der Waals surface area contributed by atoms with Crippen LogP contribution in [0, 0.1) is 31.6 Å². The number of hydrogen-bond acceptors (Lipinski definition) is 7. The molecule has 4 rings (SSSR count). The van der Waals surface area contributed by atoms with Crippen molar-refractivity contribution in [1.29, 1.82) is 0 Å². The quantitative estimate of drug-likeness (QED) is 0.504. The molecule has 1 aliphatic carbocycles. The zero-order valence-electron chi connectivity index (χ0n) is 18.7. The van der Waals surface area contributed by atoms with Crippen LogP contribution in [-0.2, 0) is 10.4 Å². The molecule has 2 heterocycles. The van der Waals surface area contributed by atoms with Crippen LogP contribution in [0.5, 0.6) is 0 Å². The largest absolute Gasteiger partial charge is 0.481 e. The fraction of sp³-hybridized carbons (Fsp3) is 0.417. The summed E-state index contributed by atoms with van der Waals surface area (Å²) in [6.45, 7) is 7.75. The van der Waals surface area contributed by atoms with Crippen molar-refractivity contribution in [3.63, 3.8) is 0 Å². The molecule has 1 saturated carbocycles. The summed E-state index contributed by atoms with van der Waals surface area (Å²) < 4.78 is 0. The number of rotatable bonds is 5. The van der Waals surface area contributed by atoms with Crippen LogP contribution in [0.2, 0.25) is 0 Å². The summed E-state index contributed by atoms with van der Waals surface area (Å²) in [5.74, 6) is -0.942. The van der Waals surface area contributed by atoms with Gasteiger partial charge in [0.25, 0.3) is 0 Å². The van der Waals surface area contributed by atoms with Gasteiger partial charge in [0.2, 0.25) is 5.95 Å². The Balaban J connectivity index is 1.60. The average Bonchev–Trinajstić information content (AvgIpc) is 3.18. The Morgan fingerprint density at radius 1 is 1.16 bits per heavy atom. The molecule has 7 nitrogen and oxygen atoms in total. The van der Waals surface area contributed by atoms with Gasteiger partial charge in [0.05, 0.1) is 10.8 Å². The smallest absolute Gasteiger partial charge is 0.307 e. The van der Waals surface area contributed by atoms with Crippen molar-refractivity contribution in [3.8, 4) is 10.4 Å². The van der Waals surface area contributed by atoms with Crippen molar-refractivity contribution >= 4 is 28.9 Å². The molecule has 1 aliphatic rings. The zero-order chi connectivity index (χ0) is 23.0. The number of carbonyl (C=O) groups is 1. The third kappa shape index (κ3) is 4.52. The van der Waals surface area contributed by atoms with E-state index in [2.05, 4.69) is 26.3 Å². The second-order valence-electron chi connectivity index (χ2n) is 9.02. The lowest BCUT2D eigenvalue weighted by molar-refractivity contribution is -0.152. The molecule has 4 atom stereocenters. The third-order valence-electron chi connectivity index (χ3n) is 6.15. The van der Waals surface area contributed by atoms with Gasteiger partial charge in [-0.25, -0.2) is 15.0 Å². The van der Waals surface area contributed by atoms with Crippen molar-refractivity contribution in [2.45, 2.75) is 46.1 Å². The summed E-state index contributed by atoms with van der Waals surface area (Å²) >= 11 is 1.46. The van der Waals surface area contributed by atoms with E-state index in [-0.39, 0.29) is 11.8 Å². The molecule has 0 unspecified atom stereocenters. The van der Waals surface area contributed by atoms with E-state index in [4.69, 9.17) is 0 Å². The normalized spacial score (nSPS) is 25.5. The van der Waals surface area contributed by atoms with Gasteiger partial charge >= 0.3 is 5.97 Å². The van der Waals surface area contributed by atoms with Crippen LogP contribution in [0.3, 0.4) is 0 Å². The Hall–Kier alpha value is -2.84. The van der Waals surface area contributed by atoms with Gasteiger partial charge < -0.3 is 15.5 Å². The molecule has 0 radical (unpaired) electrons. The van der Waals surface area contributed by atoms with E-state index >= 15 is 0 Å². The van der Waals surface area contributed by atoms with Gasteiger partial charge in [-0.3, -0.25) is 4.79 Å². The molecule has 0 amide bonds. The molecule has 168 valence electrons. The summed E-state index contributed by atoms with van der Waals surface area (Å²) in [5, 5.41) is 24.8. The number of aliphatic hydroxyl groups is 1. The number of nitrogens with zero attached hydrogens (tertiary/aromatic N) is 3. The maximum Gasteiger partial charge on any atom is 0.307 e. The first-order chi connectivity index (χ1) is 15.1. The Morgan fingerprint density at radius 2 is 1.88 bits per heavy atom. The van der Waals surface area contributed by atoms with Crippen molar-refractivity contribution in [1.82, 2.24) is 15.0 Å². The van der Waals surface area contributed by atoms with Crippen molar-refractivity contribution in [2.24, 2.45) is 17.8 Å². The fourth-order valence-corrected chi connectivity index (χ4v) is 5.89. The number of nitrogens with one attached hydrogen (secondary N) is 1. The van der Waals surface area contributed by atoms with Gasteiger partial charge in [-0.2, -0.15) is 0 Å². The van der Waals surface area contributed by atoms with E-state index < -0.39 is 17.5 Å². The van der Waals surface area contributed by atoms with Crippen LogP contribution in [0.4, 0.5) is 11.6 Å². The number of thiazole rings is 1. The number of aromatic nitrogens is 3. The van der Waals surface area contributed by atoms with Crippen molar-refractivity contribution in [3.05, 3.63) is 52.9 Å². The molecule has 0 saturated heterocycles. The first-order valence-electron chi connectivity index (χ1n) is 10.7. The SMILES string of the molecule is Cc1cc(Nc2nccc(C)n2)cc(-c2cnc([C@@]3(O)C[C@@H](C)[C@H](C(=O)O)[C@@H](C)C3)s2)c1. The summed E-state index contributed by atoms with van der Waals surface area (Å²) in [6.07, 6.45) is 4.30. The first-order valence-corrected chi connectivity index (χ1v) is 11.6. The van der Waals surface area contributed by atoms with Crippen LogP contribution in [-0.4, -0.2) is 31.1 Å². The lowest BCUT2D eigenvalue weighted by Crippen LogP contribution is -2.43. The molecule has 1 aromatic carbocycles. The number of anilines is 2. The van der Waals surface area contributed by atoms with Crippen molar-refractivity contribution < 1.29 is 15.0 Å². The minimum absolute atomic E-state index is 0.127. The Morgan fingerprint density at radius 3 is 2.53 bits per heavy atom. The minimum Gasteiger partial charge on any atom is -0.481 e. The molecule has 0 spiro atoms. The van der Waals surface area contributed by atoms with Crippen LogP contribution >= 0.6 is 11.3 Å². The Bertz CT molecular complexity index is 1130. The molecule has 8 heteroatoms. The molecular formula is C24H28N4O3S. The summed E-state index contributed by atoms with van der Waals surface area (Å²) in [4.78, 5) is 25.8. The predicted octanol–water partition coefficient (Wildman–Crippen LogP) is 4.91. The summed E-state index contributed by atoms with van der Waals surface area (Å²) in [5.41, 5.74) is 2.73. The lowest BCUT2D eigenvalue weighted by Gasteiger charge is -2.41. The highest BCUT2D eigenvalue weighted by Gasteiger charge is 2.47. The van der Waals surface area contributed by atoms with E-state index in [1.54, 1.807) is 12.4 Å². The Labute approximate surface area is 191 Å². The molecule has 0 bridgehead atoms. The van der Waals surface area contributed by atoms with E-state index in [0.717, 1.165) is 27.4 Å². The minimum atomic E-state index is -1.10. The van der Waals surface area contributed by atoms with Crippen LogP contribution in [0.1, 0.15) is 43.0 Å². The number of aliphatic carboxylic acids is 1. The second-order valence-corrected chi connectivity index (χ2v) is 10.1.